The summed E-state index contributed by atoms with van der Waals surface area (Å²) in [7, 11) is 0. The zero-order valence-corrected chi connectivity index (χ0v) is 16.3. The van der Waals surface area contributed by atoms with Crippen molar-refractivity contribution in [2.45, 2.75) is 71.6 Å². The number of nitrogens with zero attached hydrogens (tertiary/aromatic N) is 2. The van der Waals surface area contributed by atoms with Crippen molar-refractivity contribution in [2.75, 3.05) is 0 Å². The number of aryl methyl sites for hydroxylation is 1. The van der Waals surface area contributed by atoms with Crippen LogP contribution in [0.1, 0.15) is 70.8 Å². The summed E-state index contributed by atoms with van der Waals surface area (Å²) < 4.78 is 5.61. The van der Waals surface area contributed by atoms with E-state index in [-0.39, 0.29) is 0 Å². The fourth-order valence-corrected chi connectivity index (χ4v) is 2.76. The average Bonchev–Trinajstić information content (AvgIpc) is 2.69. The number of allylic oxidation sites excluding steroid dienone is 1. The van der Waals surface area contributed by atoms with Crippen molar-refractivity contribution >= 4 is 0 Å². The molecule has 0 N–H and O–H groups in total. The van der Waals surface area contributed by atoms with Gasteiger partial charge in [-0.1, -0.05) is 46.0 Å². The third kappa shape index (κ3) is 7.38. The summed E-state index contributed by atoms with van der Waals surface area (Å²) in [6, 6.07) is 7.94. The van der Waals surface area contributed by atoms with Crippen LogP contribution in [0.25, 0.3) is 11.4 Å². The molecule has 1 aromatic heterocycles. The second-order valence-corrected chi connectivity index (χ2v) is 6.74. The van der Waals surface area contributed by atoms with E-state index < -0.39 is 0 Å². The smallest absolute Gasteiger partial charge is 0.159 e. The maximum absolute atomic E-state index is 5.61. The summed E-state index contributed by atoms with van der Waals surface area (Å²) in [5.74, 6) is 1.61. The Kier molecular flexibility index (Phi) is 9.48. The van der Waals surface area contributed by atoms with E-state index in [2.05, 4.69) is 29.9 Å². The Hall–Kier alpha value is -2.16. The van der Waals surface area contributed by atoms with Gasteiger partial charge in [0.2, 0.25) is 0 Å². The van der Waals surface area contributed by atoms with E-state index in [1.807, 2.05) is 36.7 Å². The number of hydrogen-bond donors (Lipinski definition) is 0. The minimum Gasteiger partial charge on any atom is -0.465 e. The van der Waals surface area contributed by atoms with E-state index in [4.69, 9.17) is 4.74 Å². The van der Waals surface area contributed by atoms with Gasteiger partial charge in [-0.25, -0.2) is 9.97 Å². The molecular weight excluding hydrogens is 320 g/mol. The van der Waals surface area contributed by atoms with Gasteiger partial charge in [0.05, 0.1) is 6.26 Å². The van der Waals surface area contributed by atoms with Gasteiger partial charge in [-0.05, 0) is 61.6 Å². The Balaban J connectivity index is 1.81. The van der Waals surface area contributed by atoms with Crippen LogP contribution in [0.15, 0.2) is 49.0 Å². The zero-order valence-electron chi connectivity index (χ0n) is 16.3. The Labute approximate surface area is 158 Å². The first-order valence-corrected chi connectivity index (χ1v) is 10.1. The van der Waals surface area contributed by atoms with E-state index in [1.165, 1.54) is 50.5 Å². The fourth-order valence-electron chi connectivity index (χ4n) is 2.76. The SMILES string of the molecule is CCCC/C=C\Oc1ccc(-c2ncc(CCCCCCC)cn2)cc1. The summed E-state index contributed by atoms with van der Waals surface area (Å²) in [5, 5.41) is 0. The van der Waals surface area contributed by atoms with Crippen LogP contribution < -0.4 is 4.74 Å². The molecule has 1 aromatic carbocycles. The molecule has 0 saturated carbocycles. The van der Waals surface area contributed by atoms with Crippen LogP contribution in [0, 0.1) is 0 Å². The van der Waals surface area contributed by atoms with Gasteiger partial charge in [0.25, 0.3) is 0 Å². The summed E-state index contributed by atoms with van der Waals surface area (Å²) >= 11 is 0. The van der Waals surface area contributed by atoms with E-state index in [1.54, 1.807) is 6.26 Å². The molecule has 0 saturated heterocycles. The van der Waals surface area contributed by atoms with Crippen LogP contribution in [0.4, 0.5) is 0 Å². The normalized spacial score (nSPS) is 11.2. The van der Waals surface area contributed by atoms with Gasteiger partial charge in [0.1, 0.15) is 5.75 Å². The summed E-state index contributed by atoms with van der Waals surface area (Å²) in [5.41, 5.74) is 2.24. The molecule has 0 radical (unpaired) electrons. The Morgan fingerprint density at radius 2 is 1.54 bits per heavy atom. The van der Waals surface area contributed by atoms with E-state index in [0.29, 0.717) is 0 Å². The molecule has 0 amide bonds. The lowest BCUT2D eigenvalue weighted by Crippen LogP contribution is -1.93. The van der Waals surface area contributed by atoms with Crippen molar-refractivity contribution in [2.24, 2.45) is 0 Å². The monoisotopic (exact) mass is 352 g/mol. The lowest BCUT2D eigenvalue weighted by atomic mass is 10.1. The molecule has 0 aliphatic carbocycles. The second kappa shape index (κ2) is 12.2. The predicted octanol–water partition coefficient (Wildman–Crippen LogP) is 6.74. The Morgan fingerprint density at radius 3 is 2.23 bits per heavy atom. The third-order valence-electron chi connectivity index (χ3n) is 4.41. The van der Waals surface area contributed by atoms with Gasteiger partial charge in [0, 0.05) is 18.0 Å². The van der Waals surface area contributed by atoms with Crippen LogP contribution in [0.2, 0.25) is 0 Å². The largest absolute Gasteiger partial charge is 0.465 e. The standard InChI is InChI=1S/C23H32N2O/c1-3-5-7-9-10-12-20-18-24-23(25-19-20)21-13-15-22(16-14-21)26-17-11-8-6-4-2/h11,13-19H,3-10,12H2,1-2H3/b17-11-. The molecule has 0 fully saturated rings. The summed E-state index contributed by atoms with van der Waals surface area (Å²) in [4.78, 5) is 9.05. The van der Waals surface area contributed by atoms with E-state index >= 15 is 0 Å². The number of rotatable bonds is 12. The molecule has 0 bridgehead atoms. The summed E-state index contributed by atoms with van der Waals surface area (Å²) in [6.07, 6.45) is 18.8. The van der Waals surface area contributed by atoms with Crippen molar-refractivity contribution in [3.8, 4) is 17.1 Å². The van der Waals surface area contributed by atoms with Crippen LogP contribution >= 0.6 is 0 Å². The van der Waals surface area contributed by atoms with Crippen LogP contribution in [-0.2, 0) is 6.42 Å². The van der Waals surface area contributed by atoms with Gasteiger partial charge in [-0.3, -0.25) is 0 Å². The molecule has 2 rings (SSSR count). The predicted molar refractivity (Wildman–Crippen MR) is 109 cm³/mol. The Bertz CT molecular complexity index is 632. The molecule has 0 aliphatic heterocycles. The minimum absolute atomic E-state index is 0.768. The first kappa shape index (κ1) is 20.2. The maximum atomic E-state index is 5.61. The first-order chi connectivity index (χ1) is 12.8. The van der Waals surface area contributed by atoms with Gasteiger partial charge in [-0.15, -0.1) is 0 Å². The van der Waals surface area contributed by atoms with Crippen molar-refractivity contribution < 1.29 is 4.74 Å². The topological polar surface area (TPSA) is 35.0 Å². The van der Waals surface area contributed by atoms with Crippen LogP contribution in [-0.4, -0.2) is 9.97 Å². The molecule has 2 aromatic rings. The Morgan fingerprint density at radius 1 is 0.846 bits per heavy atom. The van der Waals surface area contributed by atoms with Gasteiger partial charge < -0.3 is 4.74 Å². The fraction of sp³-hybridized carbons (Fsp3) is 0.478. The number of aromatic nitrogens is 2. The molecule has 1 heterocycles. The average molecular weight is 353 g/mol. The number of ether oxygens (including phenoxy) is 1. The molecule has 3 heteroatoms. The summed E-state index contributed by atoms with van der Waals surface area (Å²) in [6.45, 7) is 4.44. The molecule has 3 nitrogen and oxygen atoms in total. The van der Waals surface area contributed by atoms with Crippen molar-refractivity contribution in [1.29, 1.82) is 0 Å². The number of hydrogen-bond acceptors (Lipinski definition) is 3. The second-order valence-electron chi connectivity index (χ2n) is 6.74. The number of benzene rings is 1. The molecule has 0 aliphatic rings. The zero-order chi connectivity index (χ0) is 18.5. The lowest BCUT2D eigenvalue weighted by molar-refractivity contribution is 0.478. The highest BCUT2D eigenvalue weighted by molar-refractivity contribution is 5.55. The molecule has 0 unspecified atom stereocenters. The minimum atomic E-state index is 0.768. The molecule has 0 spiro atoms. The van der Waals surface area contributed by atoms with E-state index in [0.717, 1.165) is 30.0 Å². The highest BCUT2D eigenvalue weighted by Gasteiger charge is 2.02. The van der Waals surface area contributed by atoms with Crippen LogP contribution in [0.5, 0.6) is 5.75 Å². The highest BCUT2D eigenvalue weighted by Crippen LogP contribution is 2.20. The highest BCUT2D eigenvalue weighted by atomic mass is 16.5. The van der Waals surface area contributed by atoms with Crippen molar-refractivity contribution in [1.82, 2.24) is 9.97 Å². The lowest BCUT2D eigenvalue weighted by Gasteiger charge is -2.05. The van der Waals surface area contributed by atoms with Gasteiger partial charge in [0.15, 0.2) is 5.82 Å². The molecule has 0 atom stereocenters. The van der Waals surface area contributed by atoms with Crippen LogP contribution in [0.3, 0.4) is 0 Å². The van der Waals surface area contributed by atoms with Crippen molar-refractivity contribution in [3.05, 3.63) is 54.6 Å². The first-order valence-electron chi connectivity index (χ1n) is 10.1. The maximum Gasteiger partial charge on any atom is 0.159 e. The third-order valence-corrected chi connectivity index (χ3v) is 4.41. The molecule has 140 valence electrons. The molecule has 26 heavy (non-hydrogen) atoms. The number of unbranched alkanes of at least 4 members (excludes halogenated alkanes) is 6. The van der Waals surface area contributed by atoms with E-state index in [9.17, 15) is 0 Å². The van der Waals surface area contributed by atoms with Gasteiger partial charge in [-0.2, -0.15) is 0 Å². The quantitative estimate of drug-likeness (QED) is 0.313. The van der Waals surface area contributed by atoms with Crippen molar-refractivity contribution in [3.63, 3.8) is 0 Å². The van der Waals surface area contributed by atoms with Gasteiger partial charge >= 0.3 is 0 Å². The molecular formula is C23H32N2O.